The van der Waals surface area contributed by atoms with Crippen molar-refractivity contribution < 1.29 is 4.79 Å². The molecule has 2 aromatic heterocycles. The molecule has 0 spiro atoms. The molecule has 0 aliphatic rings. The Kier molecular flexibility index (Phi) is 5.20. The summed E-state index contributed by atoms with van der Waals surface area (Å²) in [6.07, 6.45) is 1.73. The number of hydrogen-bond donors (Lipinski definition) is 0. The fourth-order valence-corrected chi connectivity index (χ4v) is 4.51. The van der Waals surface area contributed by atoms with E-state index in [1.165, 1.54) is 5.56 Å². The van der Waals surface area contributed by atoms with Crippen LogP contribution < -0.4 is 4.90 Å². The molecule has 0 unspecified atom stereocenters. The highest BCUT2D eigenvalue weighted by atomic mass is 32.1. The molecule has 0 fully saturated rings. The largest absolute Gasteiger partial charge is 0.278 e. The molecule has 0 aliphatic carbocycles. The number of aryl methyl sites for hydroxylation is 2. The zero-order chi connectivity index (χ0) is 20.5. The van der Waals surface area contributed by atoms with E-state index in [9.17, 15) is 4.79 Å². The van der Waals surface area contributed by atoms with E-state index in [1.54, 1.807) is 34.2 Å². The smallest absolute Gasteiger partial charge is 0.278 e. The van der Waals surface area contributed by atoms with Crippen LogP contribution in [-0.2, 0) is 13.6 Å². The third-order valence-corrected chi connectivity index (χ3v) is 6.09. The monoisotopic (exact) mass is 404 g/mol. The van der Waals surface area contributed by atoms with Crippen LogP contribution in [0.2, 0.25) is 0 Å². The molecule has 29 heavy (non-hydrogen) atoms. The molecule has 0 saturated carbocycles. The summed E-state index contributed by atoms with van der Waals surface area (Å²) in [7, 11) is 1.80. The van der Waals surface area contributed by atoms with Crippen LogP contribution in [0.4, 0.5) is 5.13 Å². The van der Waals surface area contributed by atoms with Crippen LogP contribution in [-0.4, -0.2) is 20.7 Å². The average molecular weight is 405 g/mol. The van der Waals surface area contributed by atoms with E-state index < -0.39 is 0 Å². The Bertz CT molecular complexity index is 1140. The van der Waals surface area contributed by atoms with E-state index in [2.05, 4.69) is 37.1 Å². The van der Waals surface area contributed by atoms with Crippen molar-refractivity contribution in [2.75, 3.05) is 4.90 Å². The molecule has 1 amide bonds. The highest BCUT2D eigenvalue weighted by molar-refractivity contribution is 7.22. The van der Waals surface area contributed by atoms with Crippen molar-refractivity contribution in [1.29, 1.82) is 0 Å². The Labute approximate surface area is 174 Å². The second-order valence-corrected chi connectivity index (χ2v) is 8.53. The Morgan fingerprint density at radius 2 is 1.90 bits per heavy atom. The number of anilines is 1. The van der Waals surface area contributed by atoms with Crippen LogP contribution in [0.3, 0.4) is 0 Å². The van der Waals surface area contributed by atoms with E-state index in [0.29, 0.717) is 23.3 Å². The lowest BCUT2D eigenvalue weighted by atomic mass is 10.0. The maximum atomic E-state index is 13.6. The molecule has 2 heterocycles. The van der Waals surface area contributed by atoms with E-state index in [-0.39, 0.29) is 5.91 Å². The van der Waals surface area contributed by atoms with Crippen LogP contribution >= 0.6 is 11.3 Å². The molecular weight excluding hydrogens is 380 g/mol. The Morgan fingerprint density at radius 1 is 1.14 bits per heavy atom. The lowest BCUT2D eigenvalue weighted by Crippen LogP contribution is -2.32. The molecule has 0 saturated heterocycles. The second kappa shape index (κ2) is 7.79. The highest BCUT2D eigenvalue weighted by Gasteiger charge is 2.26. The normalized spacial score (nSPS) is 11.3. The third kappa shape index (κ3) is 3.68. The van der Waals surface area contributed by atoms with Gasteiger partial charge in [-0.25, -0.2) is 4.98 Å². The quantitative estimate of drug-likeness (QED) is 0.453. The summed E-state index contributed by atoms with van der Waals surface area (Å²) in [6, 6.07) is 16.3. The van der Waals surface area contributed by atoms with Crippen LogP contribution in [0, 0.1) is 6.92 Å². The van der Waals surface area contributed by atoms with Gasteiger partial charge in [0.05, 0.1) is 23.0 Å². The first-order chi connectivity index (χ1) is 14.0. The maximum absolute atomic E-state index is 13.6. The number of hydrogen-bond acceptors (Lipinski definition) is 4. The van der Waals surface area contributed by atoms with Gasteiger partial charge in [0.15, 0.2) is 5.13 Å². The van der Waals surface area contributed by atoms with Crippen molar-refractivity contribution >= 4 is 32.6 Å². The number of carbonyl (C=O) groups excluding carboxylic acids is 1. The minimum atomic E-state index is -0.0866. The van der Waals surface area contributed by atoms with Gasteiger partial charge in [0.25, 0.3) is 5.91 Å². The number of para-hydroxylation sites is 1. The van der Waals surface area contributed by atoms with Crippen molar-refractivity contribution in [1.82, 2.24) is 14.8 Å². The van der Waals surface area contributed by atoms with Gasteiger partial charge in [0, 0.05) is 7.05 Å². The standard InChI is InChI=1S/C23H24N4OS/c1-15(2)18-11-8-12-19-20(18)25-23(29-19)27(14-17-9-6-5-7-10-17)22(28)21-16(3)13-24-26(21)4/h5-13,15H,14H2,1-4H3. The Hall–Kier alpha value is -2.99. The molecular formula is C23H24N4OS. The number of aromatic nitrogens is 3. The summed E-state index contributed by atoms with van der Waals surface area (Å²) in [5.74, 6) is 0.280. The van der Waals surface area contributed by atoms with Crippen molar-refractivity contribution in [2.45, 2.75) is 33.2 Å². The van der Waals surface area contributed by atoms with E-state index in [0.717, 1.165) is 21.3 Å². The van der Waals surface area contributed by atoms with Crippen LogP contribution in [0.15, 0.2) is 54.7 Å². The minimum Gasteiger partial charge on any atom is -0.278 e. The number of nitrogens with zero attached hydrogens (tertiary/aromatic N) is 4. The molecule has 0 aliphatic heterocycles. The Morgan fingerprint density at radius 3 is 2.55 bits per heavy atom. The lowest BCUT2D eigenvalue weighted by molar-refractivity contribution is 0.0975. The SMILES string of the molecule is Cc1cnn(C)c1C(=O)N(Cc1ccccc1)c1nc2c(C(C)C)cccc2s1. The average Bonchev–Trinajstić information content (AvgIpc) is 3.29. The number of fused-ring (bicyclic) bond motifs is 1. The van der Waals surface area contributed by atoms with Gasteiger partial charge in [-0.2, -0.15) is 5.10 Å². The van der Waals surface area contributed by atoms with Crippen LogP contribution in [0.1, 0.15) is 46.9 Å². The topological polar surface area (TPSA) is 51.0 Å². The zero-order valence-corrected chi connectivity index (χ0v) is 17.9. The number of thiazole rings is 1. The summed E-state index contributed by atoms with van der Waals surface area (Å²) >= 11 is 1.56. The minimum absolute atomic E-state index is 0.0866. The van der Waals surface area contributed by atoms with Crippen LogP contribution in [0.25, 0.3) is 10.2 Å². The number of benzene rings is 2. The predicted molar refractivity (Wildman–Crippen MR) is 119 cm³/mol. The summed E-state index contributed by atoms with van der Waals surface area (Å²) in [5, 5.41) is 4.96. The fourth-order valence-electron chi connectivity index (χ4n) is 3.51. The number of amides is 1. The molecule has 0 N–H and O–H groups in total. The van der Waals surface area contributed by atoms with Gasteiger partial charge >= 0.3 is 0 Å². The first-order valence-electron chi connectivity index (χ1n) is 9.69. The zero-order valence-electron chi connectivity index (χ0n) is 17.1. The number of rotatable bonds is 5. The maximum Gasteiger partial charge on any atom is 0.278 e. The summed E-state index contributed by atoms with van der Waals surface area (Å²) < 4.78 is 2.74. The number of carbonyl (C=O) groups is 1. The van der Waals surface area contributed by atoms with Gasteiger partial charge in [-0.3, -0.25) is 14.4 Å². The van der Waals surface area contributed by atoms with Crippen molar-refractivity contribution in [3.63, 3.8) is 0 Å². The molecule has 0 bridgehead atoms. The van der Waals surface area contributed by atoms with E-state index in [1.807, 2.05) is 37.3 Å². The lowest BCUT2D eigenvalue weighted by Gasteiger charge is -2.20. The van der Waals surface area contributed by atoms with Crippen molar-refractivity contribution in [3.05, 3.63) is 77.1 Å². The summed E-state index contributed by atoms with van der Waals surface area (Å²) in [5.41, 5.74) is 4.69. The van der Waals surface area contributed by atoms with Gasteiger partial charge in [0.1, 0.15) is 5.69 Å². The molecule has 2 aromatic carbocycles. The van der Waals surface area contributed by atoms with Crippen molar-refractivity contribution in [2.24, 2.45) is 7.05 Å². The molecule has 148 valence electrons. The predicted octanol–water partition coefficient (Wildman–Crippen LogP) is 5.31. The summed E-state index contributed by atoms with van der Waals surface area (Å²) in [6.45, 7) is 6.70. The van der Waals surface area contributed by atoms with Crippen molar-refractivity contribution in [3.8, 4) is 0 Å². The molecule has 5 nitrogen and oxygen atoms in total. The highest BCUT2D eigenvalue weighted by Crippen LogP contribution is 2.34. The Balaban J connectivity index is 1.83. The molecule has 4 aromatic rings. The first kappa shape index (κ1) is 19.3. The first-order valence-corrected chi connectivity index (χ1v) is 10.5. The molecule has 0 radical (unpaired) electrons. The van der Waals surface area contributed by atoms with E-state index in [4.69, 9.17) is 4.98 Å². The van der Waals surface area contributed by atoms with Gasteiger partial charge in [-0.1, -0.05) is 67.6 Å². The van der Waals surface area contributed by atoms with Gasteiger partial charge < -0.3 is 0 Å². The van der Waals surface area contributed by atoms with Gasteiger partial charge in [-0.05, 0) is 35.6 Å². The molecule has 0 atom stereocenters. The fraction of sp³-hybridized carbons (Fsp3) is 0.261. The second-order valence-electron chi connectivity index (χ2n) is 7.52. The van der Waals surface area contributed by atoms with Gasteiger partial charge in [0.2, 0.25) is 0 Å². The van der Waals surface area contributed by atoms with Gasteiger partial charge in [-0.15, -0.1) is 0 Å². The molecule has 4 rings (SSSR count). The molecule has 6 heteroatoms. The van der Waals surface area contributed by atoms with Crippen LogP contribution in [0.5, 0.6) is 0 Å². The summed E-state index contributed by atoms with van der Waals surface area (Å²) in [4.78, 5) is 20.3. The van der Waals surface area contributed by atoms with E-state index >= 15 is 0 Å². The third-order valence-electron chi connectivity index (χ3n) is 5.04.